The smallest absolute Gasteiger partial charge is 0.387 e. The Kier molecular flexibility index (Phi) is 6.50. The zero-order valence-electron chi connectivity index (χ0n) is 17.7. The third-order valence-corrected chi connectivity index (χ3v) is 5.46. The zero-order valence-corrected chi connectivity index (χ0v) is 17.7. The Hall–Kier alpha value is -2.36. The quantitative estimate of drug-likeness (QED) is 0.634. The van der Waals surface area contributed by atoms with Crippen LogP contribution in [0.25, 0.3) is 0 Å². The zero-order chi connectivity index (χ0) is 23.0. The Labute approximate surface area is 178 Å². The number of amides is 2. The fraction of sp³-hybridized carbons (Fsp3) is 0.619. The molecule has 172 valence electrons. The molecule has 0 radical (unpaired) electrons. The lowest BCUT2D eigenvalue weighted by molar-refractivity contribution is -0.133. The average molecular weight is 445 g/mol. The molecule has 0 unspecified atom stereocenters. The van der Waals surface area contributed by atoms with Gasteiger partial charge in [-0.1, -0.05) is 0 Å². The van der Waals surface area contributed by atoms with Crippen LogP contribution < -0.4 is 15.4 Å². The van der Waals surface area contributed by atoms with Crippen molar-refractivity contribution in [1.82, 2.24) is 15.5 Å². The number of carbonyl (C=O) groups excluding carboxylic acids is 2. The maximum Gasteiger partial charge on any atom is 0.387 e. The fourth-order valence-electron chi connectivity index (χ4n) is 4.49. The van der Waals surface area contributed by atoms with Gasteiger partial charge in [0, 0.05) is 31.2 Å². The van der Waals surface area contributed by atoms with Gasteiger partial charge < -0.3 is 15.4 Å². The van der Waals surface area contributed by atoms with E-state index in [1.807, 2.05) is 20.8 Å². The van der Waals surface area contributed by atoms with Gasteiger partial charge in [-0.2, -0.15) is 8.78 Å². The van der Waals surface area contributed by atoms with Gasteiger partial charge in [-0.15, -0.1) is 0 Å². The molecule has 1 saturated heterocycles. The molecular weight excluding hydrogens is 418 g/mol. The molecule has 2 aliphatic rings. The van der Waals surface area contributed by atoms with Gasteiger partial charge >= 0.3 is 6.61 Å². The molecule has 6 nitrogen and oxygen atoms in total. The number of benzene rings is 1. The van der Waals surface area contributed by atoms with Crippen molar-refractivity contribution in [2.24, 2.45) is 11.3 Å². The van der Waals surface area contributed by atoms with Crippen molar-refractivity contribution in [2.45, 2.75) is 45.8 Å². The highest BCUT2D eigenvalue weighted by Gasteiger charge is 2.52. The van der Waals surface area contributed by atoms with Gasteiger partial charge in [0.15, 0.2) is 11.6 Å². The summed E-state index contributed by atoms with van der Waals surface area (Å²) in [5.74, 6) is -4.10. The number of carbonyl (C=O) groups is 2. The van der Waals surface area contributed by atoms with E-state index in [-0.39, 0.29) is 29.3 Å². The van der Waals surface area contributed by atoms with Gasteiger partial charge in [0.25, 0.3) is 5.91 Å². The molecule has 0 bridgehead atoms. The normalized spacial score (nSPS) is 18.5. The molecule has 1 saturated carbocycles. The van der Waals surface area contributed by atoms with Crippen molar-refractivity contribution in [2.75, 3.05) is 26.2 Å². The van der Waals surface area contributed by atoms with E-state index in [0.717, 1.165) is 25.9 Å². The largest absolute Gasteiger partial charge is 0.432 e. The molecule has 1 aliphatic heterocycles. The maximum absolute atomic E-state index is 14.2. The minimum Gasteiger partial charge on any atom is -0.432 e. The lowest BCUT2D eigenvalue weighted by Crippen LogP contribution is -2.64. The van der Waals surface area contributed by atoms with E-state index in [1.165, 1.54) is 0 Å². The summed E-state index contributed by atoms with van der Waals surface area (Å²) in [6.07, 6.45) is 1.71. The van der Waals surface area contributed by atoms with E-state index < -0.39 is 35.5 Å². The lowest BCUT2D eigenvalue weighted by Gasteiger charge is -2.59. The van der Waals surface area contributed by atoms with Gasteiger partial charge in [-0.05, 0) is 51.0 Å². The molecule has 31 heavy (non-hydrogen) atoms. The van der Waals surface area contributed by atoms with Crippen LogP contribution in [0.5, 0.6) is 5.75 Å². The van der Waals surface area contributed by atoms with Crippen LogP contribution in [-0.2, 0) is 4.79 Å². The molecule has 1 aromatic rings. The number of nitrogens with zero attached hydrogens (tertiary/aromatic N) is 1. The summed E-state index contributed by atoms with van der Waals surface area (Å²) < 4.78 is 56.3. The highest BCUT2D eigenvalue weighted by molar-refractivity contribution is 5.95. The van der Waals surface area contributed by atoms with Gasteiger partial charge in [-0.25, -0.2) is 8.78 Å². The summed E-state index contributed by atoms with van der Waals surface area (Å²) in [5, 5.41) is 5.46. The Morgan fingerprint density at radius 1 is 1.23 bits per heavy atom. The standard InChI is InChI=1S/C21H27F4N3O3/c1-20(2,3)27-16(29)9-28-10-21(11-28)6-12(7-21)8-26-18(30)14-4-13(22)5-15(17(14)23)31-19(24)25/h4-5,12,19H,6-11H2,1-3H3,(H,26,30)(H,27,29). The van der Waals surface area contributed by atoms with Crippen LogP contribution in [0.2, 0.25) is 0 Å². The molecule has 0 atom stereocenters. The van der Waals surface area contributed by atoms with Crippen LogP contribution in [0.4, 0.5) is 17.6 Å². The summed E-state index contributed by atoms with van der Waals surface area (Å²) in [6, 6.07) is 1.12. The van der Waals surface area contributed by atoms with Crippen LogP contribution in [0.15, 0.2) is 12.1 Å². The Morgan fingerprint density at radius 2 is 1.87 bits per heavy atom. The molecule has 1 heterocycles. The first kappa shape index (κ1) is 23.3. The minimum absolute atomic E-state index is 0.0159. The fourth-order valence-corrected chi connectivity index (χ4v) is 4.49. The van der Waals surface area contributed by atoms with E-state index in [0.29, 0.717) is 18.7 Å². The van der Waals surface area contributed by atoms with Crippen molar-refractivity contribution >= 4 is 11.8 Å². The second-order valence-electron chi connectivity index (χ2n) is 9.57. The van der Waals surface area contributed by atoms with Crippen LogP contribution >= 0.6 is 0 Å². The Morgan fingerprint density at radius 3 is 2.45 bits per heavy atom. The van der Waals surface area contributed by atoms with Gasteiger partial charge in [0.1, 0.15) is 5.82 Å². The number of likely N-dealkylation sites (tertiary alicyclic amines) is 1. The highest BCUT2D eigenvalue weighted by atomic mass is 19.3. The summed E-state index contributed by atoms with van der Waals surface area (Å²) in [4.78, 5) is 26.3. The van der Waals surface area contributed by atoms with Gasteiger partial charge in [0.05, 0.1) is 12.1 Å². The molecule has 3 rings (SSSR count). The van der Waals surface area contributed by atoms with Gasteiger partial charge in [0.2, 0.25) is 5.91 Å². The van der Waals surface area contributed by atoms with E-state index in [2.05, 4.69) is 20.3 Å². The minimum atomic E-state index is -3.33. The number of hydrogen-bond donors (Lipinski definition) is 2. The van der Waals surface area contributed by atoms with Crippen LogP contribution in [0.1, 0.15) is 44.0 Å². The van der Waals surface area contributed by atoms with Crippen LogP contribution in [-0.4, -0.2) is 55.0 Å². The summed E-state index contributed by atoms with van der Waals surface area (Å²) in [5.41, 5.74) is -0.809. The second-order valence-corrected chi connectivity index (χ2v) is 9.57. The molecule has 2 amide bonds. The average Bonchev–Trinajstić information content (AvgIpc) is 2.55. The first-order chi connectivity index (χ1) is 14.4. The number of rotatable bonds is 7. The number of hydrogen-bond acceptors (Lipinski definition) is 4. The topological polar surface area (TPSA) is 70.7 Å². The van der Waals surface area contributed by atoms with E-state index >= 15 is 0 Å². The monoisotopic (exact) mass is 445 g/mol. The molecule has 2 N–H and O–H groups in total. The summed E-state index contributed by atoms with van der Waals surface area (Å²) >= 11 is 0. The molecule has 2 fully saturated rings. The number of alkyl halides is 2. The predicted octanol–water partition coefficient (Wildman–Crippen LogP) is 2.92. The first-order valence-electron chi connectivity index (χ1n) is 10.1. The van der Waals surface area contributed by atoms with Crippen LogP contribution in [0, 0.1) is 23.0 Å². The molecule has 1 spiro atoms. The number of halogens is 4. The number of nitrogens with one attached hydrogen (secondary N) is 2. The molecular formula is C21H27F4N3O3. The Balaban J connectivity index is 1.43. The lowest BCUT2D eigenvalue weighted by atomic mass is 9.57. The summed E-state index contributed by atoms with van der Waals surface area (Å²) in [6.45, 7) is 4.68. The Bertz CT molecular complexity index is 843. The second kappa shape index (κ2) is 8.64. The third kappa shape index (κ3) is 5.87. The van der Waals surface area contributed by atoms with Crippen LogP contribution in [0.3, 0.4) is 0 Å². The van der Waals surface area contributed by atoms with Crippen molar-refractivity contribution in [3.8, 4) is 5.75 Å². The van der Waals surface area contributed by atoms with Crippen molar-refractivity contribution in [1.29, 1.82) is 0 Å². The molecule has 1 aromatic carbocycles. The van der Waals surface area contributed by atoms with E-state index in [4.69, 9.17) is 0 Å². The maximum atomic E-state index is 14.2. The van der Waals surface area contributed by atoms with Crippen molar-refractivity contribution in [3.63, 3.8) is 0 Å². The van der Waals surface area contributed by atoms with Crippen molar-refractivity contribution in [3.05, 3.63) is 29.3 Å². The first-order valence-corrected chi connectivity index (χ1v) is 10.1. The summed E-state index contributed by atoms with van der Waals surface area (Å²) in [7, 11) is 0. The number of ether oxygens (including phenoxy) is 1. The molecule has 10 heteroatoms. The van der Waals surface area contributed by atoms with Crippen molar-refractivity contribution < 1.29 is 31.9 Å². The van der Waals surface area contributed by atoms with E-state index in [9.17, 15) is 27.2 Å². The SMILES string of the molecule is CC(C)(C)NC(=O)CN1CC2(CC(CNC(=O)c3cc(F)cc(OC(F)F)c3F)C2)C1. The molecule has 1 aliphatic carbocycles. The molecule has 0 aromatic heterocycles. The third-order valence-electron chi connectivity index (χ3n) is 5.46. The highest BCUT2D eigenvalue weighted by Crippen LogP contribution is 2.51. The van der Waals surface area contributed by atoms with E-state index in [1.54, 1.807) is 0 Å². The predicted molar refractivity (Wildman–Crippen MR) is 105 cm³/mol. The van der Waals surface area contributed by atoms with Gasteiger partial charge in [-0.3, -0.25) is 14.5 Å².